The normalized spacial score (nSPS) is 22.4. The number of sulfonamides is 1. The van der Waals surface area contributed by atoms with E-state index in [1.807, 2.05) is 32.9 Å². The molecule has 0 aliphatic carbocycles. The molecular weight excluding hydrogens is 316 g/mol. The van der Waals surface area contributed by atoms with Crippen LogP contribution in [-0.2, 0) is 19.5 Å². The first-order chi connectivity index (χ1) is 10.6. The van der Waals surface area contributed by atoms with Crippen LogP contribution in [0.2, 0.25) is 0 Å². The van der Waals surface area contributed by atoms with E-state index in [0.717, 1.165) is 5.56 Å². The van der Waals surface area contributed by atoms with Crippen LogP contribution in [0.25, 0.3) is 0 Å². The molecule has 1 saturated heterocycles. The molecule has 0 radical (unpaired) electrons. The molecule has 0 amide bonds. The lowest BCUT2D eigenvalue weighted by Crippen LogP contribution is -2.32. The Balaban J connectivity index is 1.94. The van der Waals surface area contributed by atoms with Crippen molar-refractivity contribution in [3.63, 3.8) is 0 Å². The molecule has 6 nitrogen and oxygen atoms in total. The summed E-state index contributed by atoms with van der Waals surface area (Å²) in [6, 6.07) is 7.05. The highest BCUT2D eigenvalue weighted by Gasteiger charge is 2.32. The van der Waals surface area contributed by atoms with Gasteiger partial charge in [-0.25, -0.2) is 12.7 Å². The molecule has 130 valence electrons. The molecule has 1 aliphatic heterocycles. The summed E-state index contributed by atoms with van der Waals surface area (Å²) in [6.07, 6.45) is 0.0286. The van der Waals surface area contributed by atoms with E-state index < -0.39 is 15.8 Å². The van der Waals surface area contributed by atoms with Gasteiger partial charge in [0.2, 0.25) is 10.0 Å². The second-order valence-corrected chi connectivity index (χ2v) is 8.59. The molecule has 0 bridgehead atoms. The maximum absolute atomic E-state index is 12.1. The molecule has 0 saturated carbocycles. The summed E-state index contributed by atoms with van der Waals surface area (Å²) >= 11 is 0. The van der Waals surface area contributed by atoms with Crippen LogP contribution in [0.3, 0.4) is 0 Å². The lowest BCUT2D eigenvalue weighted by Gasteiger charge is -2.20. The van der Waals surface area contributed by atoms with Crippen LogP contribution in [0.15, 0.2) is 29.2 Å². The smallest absolute Gasteiger partial charge is 0.242 e. The van der Waals surface area contributed by atoms with E-state index in [4.69, 9.17) is 9.47 Å². The summed E-state index contributed by atoms with van der Waals surface area (Å²) in [6.45, 7) is 7.10. The summed E-state index contributed by atoms with van der Waals surface area (Å²) in [7, 11) is -0.329. The third-order valence-electron chi connectivity index (χ3n) is 3.88. The van der Waals surface area contributed by atoms with Gasteiger partial charge in [-0.15, -0.1) is 0 Å². The van der Waals surface area contributed by atoms with Crippen molar-refractivity contribution < 1.29 is 17.9 Å². The first-order valence-electron chi connectivity index (χ1n) is 7.69. The number of hydrogen-bond donors (Lipinski definition) is 1. The van der Waals surface area contributed by atoms with Crippen molar-refractivity contribution in [2.45, 2.75) is 43.6 Å². The number of rotatable bonds is 6. The highest BCUT2D eigenvalue weighted by Crippen LogP contribution is 2.23. The fourth-order valence-corrected chi connectivity index (χ4v) is 3.33. The highest BCUT2D eigenvalue weighted by atomic mass is 32.2. The van der Waals surface area contributed by atoms with Gasteiger partial charge in [0.1, 0.15) is 0 Å². The van der Waals surface area contributed by atoms with E-state index in [1.54, 1.807) is 12.1 Å². The van der Waals surface area contributed by atoms with Gasteiger partial charge in [0, 0.05) is 26.7 Å². The van der Waals surface area contributed by atoms with Crippen LogP contribution < -0.4 is 5.32 Å². The zero-order valence-electron chi connectivity index (χ0n) is 14.4. The predicted octanol–water partition coefficient (Wildman–Crippen LogP) is 1.74. The number of nitrogens with one attached hydrogen (secondary N) is 1. The minimum absolute atomic E-state index is 0.0286. The Morgan fingerprint density at radius 1 is 1.30 bits per heavy atom. The van der Waals surface area contributed by atoms with Gasteiger partial charge >= 0.3 is 0 Å². The average molecular weight is 342 g/mol. The van der Waals surface area contributed by atoms with Crippen LogP contribution in [0, 0.1) is 0 Å². The molecule has 23 heavy (non-hydrogen) atoms. The minimum atomic E-state index is -3.38. The number of nitrogens with zero attached hydrogens (tertiary/aromatic N) is 1. The molecule has 1 aromatic carbocycles. The summed E-state index contributed by atoms with van der Waals surface area (Å²) in [4.78, 5) is 0.299. The van der Waals surface area contributed by atoms with Crippen molar-refractivity contribution >= 4 is 10.0 Å². The maximum Gasteiger partial charge on any atom is 0.242 e. The van der Waals surface area contributed by atoms with E-state index in [2.05, 4.69) is 5.32 Å². The molecule has 1 aromatic rings. The van der Waals surface area contributed by atoms with Crippen molar-refractivity contribution in [2.75, 3.05) is 27.2 Å². The van der Waals surface area contributed by atoms with Gasteiger partial charge in [-0.05, 0) is 38.5 Å². The molecule has 2 rings (SSSR count). The average Bonchev–Trinajstić information content (AvgIpc) is 2.84. The quantitative estimate of drug-likeness (QED) is 0.853. The van der Waals surface area contributed by atoms with Crippen LogP contribution in [0.1, 0.15) is 32.4 Å². The van der Waals surface area contributed by atoms with Crippen molar-refractivity contribution in [1.29, 1.82) is 0 Å². The molecule has 2 atom stereocenters. The van der Waals surface area contributed by atoms with Crippen molar-refractivity contribution in [3.8, 4) is 0 Å². The molecule has 7 heteroatoms. The van der Waals surface area contributed by atoms with Gasteiger partial charge in [0.15, 0.2) is 5.79 Å². The molecule has 0 unspecified atom stereocenters. The molecule has 1 aliphatic rings. The Bertz CT molecular complexity index is 626. The fraction of sp³-hybridized carbons (Fsp3) is 0.625. The van der Waals surface area contributed by atoms with Crippen LogP contribution in [0.4, 0.5) is 0 Å². The Labute approximate surface area is 138 Å². The predicted molar refractivity (Wildman–Crippen MR) is 88.6 cm³/mol. The Kier molecular flexibility index (Phi) is 5.48. The van der Waals surface area contributed by atoms with Gasteiger partial charge in [0.05, 0.1) is 17.6 Å². The standard InChI is InChI=1S/C16H26N2O4S/c1-12(17-10-14-11-21-16(2,3)22-14)13-6-8-15(9-7-13)23(19,20)18(4)5/h6-9,12,14,17H,10-11H2,1-5H3/t12-,14+/m1/s1. The van der Waals surface area contributed by atoms with Crippen LogP contribution in [-0.4, -0.2) is 51.9 Å². The van der Waals surface area contributed by atoms with Crippen molar-refractivity contribution in [3.05, 3.63) is 29.8 Å². The van der Waals surface area contributed by atoms with Gasteiger partial charge in [-0.1, -0.05) is 12.1 Å². The zero-order chi connectivity index (χ0) is 17.3. The Morgan fingerprint density at radius 2 is 1.91 bits per heavy atom. The number of benzene rings is 1. The second-order valence-electron chi connectivity index (χ2n) is 6.44. The minimum Gasteiger partial charge on any atom is -0.348 e. The van der Waals surface area contributed by atoms with Crippen LogP contribution in [0.5, 0.6) is 0 Å². The van der Waals surface area contributed by atoms with Gasteiger partial charge in [0.25, 0.3) is 0 Å². The second kappa shape index (κ2) is 6.86. The molecule has 0 spiro atoms. The lowest BCUT2D eigenvalue weighted by atomic mass is 10.1. The Morgan fingerprint density at radius 3 is 2.39 bits per heavy atom. The topological polar surface area (TPSA) is 67.9 Å². The van der Waals surface area contributed by atoms with Gasteiger partial charge in [-0.3, -0.25) is 0 Å². The van der Waals surface area contributed by atoms with E-state index in [-0.39, 0.29) is 12.1 Å². The summed E-state index contributed by atoms with van der Waals surface area (Å²) in [5, 5.41) is 3.39. The van der Waals surface area contributed by atoms with Crippen LogP contribution >= 0.6 is 0 Å². The molecular formula is C16H26N2O4S. The van der Waals surface area contributed by atoms with Crippen molar-refractivity contribution in [1.82, 2.24) is 9.62 Å². The first-order valence-corrected chi connectivity index (χ1v) is 9.13. The zero-order valence-corrected chi connectivity index (χ0v) is 15.2. The maximum atomic E-state index is 12.1. The number of hydrogen-bond acceptors (Lipinski definition) is 5. The molecule has 1 N–H and O–H groups in total. The molecule has 1 fully saturated rings. The van der Waals surface area contributed by atoms with Gasteiger partial charge < -0.3 is 14.8 Å². The SMILES string of the molecule is C[C@@H](NC[C@H]1COC(C)(C)O1)c1ccc(S(=O)(=O)N(C)C)cc1. The lowest BCUT2D eigenvalue weighted by molar-refractivity contribution is -0.137. The fourth-order valence-electron chi connectivity index (χ4n) is 2.43. The highest BCUT2D eigenvalue weighted by molar-refractivity contribution is 7.89. The summed E-state index contributed by atoms with van der Waals surface area (Å²) in [5.41, 5.74) is 1.03. The third-order valence-corrected chi connectivity index (χ3v) is 5.71. The Hall–Kier alpha value is -0.990. The van der Waals surface area contributed by atoms with E-state index in [0.29, 0.717) is 18.0 Å². The summed E-state index contributed by atoms with van der Waals surface area (Å²) in [5.74, 6) is -0.516. The third kappa shape index (κ3) is 4.51. The number of ether oxygens (including phenoxy) is 2. The summed E-state index contributed by atoms with van der Waals surface area (Å²) < 4.78 is 36.6. The largest absolute Gasteiger partial charge is 0.348 e. The van der Waals surface area contributed by atoms with E-state index >= 15 is 0 Å². The molecule has 1 heterocycles. The van der Waals surface area contributed by atoms with E-state index in [9.17, 15) is 8.42 Å². The first kappa shape index (κ1) is 18.4. The van der Waals surface area contributed by atoms with Gasteiger partial charge in [-0.2, -0.15) is 0 Å². The molecule has 0 aromatic heterocycles. The monoisotopic (exact) mass is 342 g/mol. The van der Waals surface area contributed by atoms with E-state index in [1.165, 1.54) is 18.4 Å². The van der Waals surface area contributed by atoms with Crippen molar-refractivity contribution in [2.24, 2.45) is 0 Å².